The molecular weight excluding hydrogens is 335 g/mol. The van der Waals surface area contributed by atoms with Crippen LogP contribution in [0.1, 0.15) is 20.8 Å². The summed E-state index contributed by atoms with van der Waals surface area (Å²) in [6.45, 7) is 5.87. The Hall–Kier alpha value is -0.660. The van der Waals surface area contributed by atoms with Crippen molar-refractivity contribution in [2.75, 3.05) is 11.3 Å². The van der Waals surface area contributed by atoms with Gasteiger partial charge in [0.1, 0.15) is 5.82 Å². The van der Waals surface area contributed by atoms with E-state index in [2.05, 4.69) is 26.0 Å². The quantitative estimate of drug-likeness (QED) is 0.827. The first-order valence-electron chi connectivity index (χ1n) is 5.92. The number of halogens is 2. The maximum absolute atomic E-state index is 13.1. The third kappa shape index (κ3) is 5.08. The number of benzene rings is 1. The topological polar surface area (TPSA) is 58.2 Å². The molecule has 19 heavy (non-hydrogen) atoms. The summed E-state index contributed by atoms with van der Waals surface area (Å²) in [7, 11) is -3.49. The van der Waals surface area contributed by atoms with Crippen LogP contribution in [0.2, 0.25) is 0 Å². The van der Waals surface area contributed by atoms with Crippen molar-refractivity contribution in [3.8, 4) is 0 Å². The molecule has 2 N–H and O–H groups in total. The minimum Gasteiger partial charge on any atom is -0.313 e. The fourth-order valence-electron chi connectivity index (χ4n) is 1.34. The first-order chi connectivity index (χ1) is 8.72. The summed E-state index contributed by atoms with van der Waals surface area (Å²) in [6.07, 6.45) is 0. The zero-order valence-electron chi connectivity index (χ0n) is 11.1. The van der Waals surface area contributed by atoms with Gasteiger partial charge >= 0.3 is 0 Å². The van der Waals surface area contributed by atoms with Crippen molar-refractivity contribution < 1.29 is 12.8 Å². The van der Waals surface area contributed by atoms with Gasteiger partial charge in [-0.3, -0.25) is 4.72 Å². The first-order valence-corrected chi connectivity index (χ1v) is 8.26. The predicted octanol–water partition coefficient (Wildman–Crippen LogP) is 2.72. The third-order valence-electron chi connectivity index (χ3n) is 2.52. The zero-order valence-corrected chi connectivity index (χ0v) is 13.5. The molecule has 1 rings (SSSR count). The van der Waals surface area contributed by atoms with Crippen molar-refractivity contribution in [2.45, 2.75) is 32.1 Å². The van der Waals surface area contributed by atoms with Gasteiger partial charge in [-0.25, -0.2) is 12.8 Å². The highest BCUT2D eigenvalue weighted by Gasteiger charge is 2.20. The molecule has 1 aromatic rings. The van der Waals surface area contributed by atoms with Crippen molar-refractivity contribution in [1.82, 2.24) is 5.32 Å². The Morgan fingerprint density at radius 2 is 1.95 bits per heavy atom. The molecule has 0 bridgehead atoms. The number of sulfonamides is 1. The Morgan fingerprint density at radius 1 is 1.32 bits per heavy atom. The van der Waals surface area contributed by atoms with Crippen molar-refractivity contribution in [3.63, 3.8) is 0 Å². The summed E-state index contributed by atoms with van der Waals surface area (Å²) in [5, 5.41) is 2.48. The smallest absolute Gasteiger partial charge is 0.236 e. The molecule has 1 unspecified atom stereocenters. The molecule has 7 heteroatoms. The fraction of sp³-hybridized carbons (Fsp3) is 0.500. The molecule has 4 nitrogen and oxygen atoms in total. The normalized spacial score (nSPS) is 13.6. The Kier molecular flexibility index (Phi) is 5.76. The largest absolute Gasteiger partial charge is 0.313 e. The Labute approximate surface area is 122 Å². The van der Waals surface area contributed by atoms with E-state index in [0.717, 1.165) is 0 Å². The van der Waals surface area contributed by atoms with Gasteiger partial charge in [0.2, 0.25) is 10.0 Å². The fourth-order valence-corrected chi connectivity index (χ4v) is 2.69. The number of anilines is 1. The molecule has 0 saturated heterocycles. The van der Waals surface area contributed by atoms with E-state index in [0.29, 0.717) is 12.2 Å². The predicted molar refractivity (Wildman–Crippen MR) is 79.2 cm³/mol. The van der Waals surface area contributed by atoms with E-state index in [1.807, 2.05) is 13.8 Å². The minimum atomic E-state index is -3.49. The van der Waals surface area contributed by atoms with E-state index in [1.165, 1.54) is 18.2 Å². The van der Waals surface area contributed by atoms with Gasteiger partial charge in [0.05, 0.1) is 9.72 Å². The van der Waals surface area contributed by atoms with Crippen LogP contribution in [0.25, 0.3) is 0 Å². The monoisotopic (exact) mass is 352 g/mol. The molecule has 0 aliphatic carbocycles. The highest BCUT2D eigenvalue weighted by atomic mass is 79.9. The molecule has 0 radical (unpaired) electrons. The summed E-state index contributed by atoms with van der Waals surface area (Å²) < 4.78 is 39.8. The Morgan fingerprint density at radius 3 is 2.47 bits per heavy atom. The highest BCUT2D eigenvalue weighted by molar-refractivity contribution is 9.10. The van der Waals surface area contributed by atoms with Crippen molar-refractivity contribution in [2.24, 2.45) is 0 Å². The SMILES string of the molecule is CC(C)NCC(C)S(=O)(=O)Nc1ccc(F)c(Br)c1. The summed E-state index contributed by atoms with van der Waals surface area (Å²) >= 11 is 3.02. The standard InChI is InChI=1S/C12H18BrFN2O2S/c1-8(2)15-7-9(3)19(17,18)16-10-4-5-12(14)11(13)6-10/h4-6,8-9,15-16H,7H2,1-3H3. The number of hydrogen-bond acceptors (Lipinski definition) is 3. The van der Waals surface area contributed by atoms with Crippen LogP contribution in [-0.2, 0) is 10.0 Å². The van der Waals surface area contributed by atoms with Crippen LogP contribution in [0.4, 0.5) is 10.1 Å². The molecule has 0 spiro atoms. The van der Waals surface area contributed by atoms with Crippen LogP contribution in [0.3, 0.4) is 0 Å². The molecule has 1 aromatic carbocycles. The van der Waals surface area contributed by atoms with Crippen LogP contribution in [-0.4, -0.2) is 26.3 Å². The van der Waals surface area contributed by atoms with Crippen LogP contribution in [0.15, 0.2) is 22.7 Å². The molecule has 0 heterocycles. The van der Waals surface area contributed by atoms with E-state index in [-0.39, 0.29) is 10.5 Å². The molecule has 0 aliphatic heterocycles. The molecule has 0 aliphatic rings. The average Bonchev–Trinajstić information content (AvgIpc) is 2.30. The summed E-state index contributed by atoms with van der Waals surface area (Å²) in [6, 6.07) is 4.21. The van der Waals surface area contributed by atoms with Gasteiger partial charge in [-0.15, -0.1) is 0 Å². The van der Waals surface area contributed by atoms with E-state index >= 15 is 0 Å². The number of rotatable bonds is 6. The van der Waals surface area contributed by atoms with Crippen LogP contribution in [0, 0.1) is 5.82 Å². The van der Waals surface area contributed by atoms with Crippen molar-refractivity contribution >= 4 is 31.6 Å². The lowest BCUT2D eigenvalue weighted by molar-refractivity contribution is 0.553. The zero-order chi connectivity index (χ0) is 14.6. The highest BCUT2D eigenvalue weighted by Crippen LogP contribution is 2.21. The second kappa shape index (κ2) is 6.67. The van der Waals surface area contributed by atoms with E-state index in [4.69, 9.17) is 0 Å². The van der Waals surface area contributed by atoms with Gasteiger partial charge in [-0.1, -0.05) is 13.8 Å². The molecule has 0 fully saturated rings. The Balaban J connectivity index is 2.75. The lowest BCUT2D eigenvalue weighted by atomic mass is 10.3. The van der Waals surface area contributed by atoms with Gasteiger partial charge in [-0.2, -0.15) is 0 Å². The van der Waals surface area contributed by atoms with E-state index in [9.17, 15) is 12.8 Å². The van der Waals surface area contributed by atoms with Gasteiger partial charge in [0.25, 0.3) is 0 Å². The summed E-state index contributed by atoms with van der Waals surface area (Å²) in [4.78, 5) is 0. The second-order valence-corrected chi connectivity index (χ2v) is 7.60. The van der Waals surface area contributed by atoms with Gasteiger partial charge < -0.3 is 5.32 Å². The molecule has 0 amide bonds. The Bertz CT molecular complexity index is 535. The molecule has 108 valence electrons. The van der Waals surface area contributed by atoms with Gasteiger partial charge in [0, 0.05) is 18.3 Å². The van der Waals surface area contributed by atoms with Gasteiger partial charge in [0.15, 0.2) is 0 Å². The van der Waals surface area contributed by atoms with Crippen LogP contribution < -0.4 is 10.0 Å². The van der Waals surface area contributed by atoms with E-state index in [1.54, 1.807) is 6.92 Å². The minimum absolute atomic E-state index is 0.220. The lowest BCUT2D eigenvalue weighted by Crippen LogP contribution is -2.37. The van der Waals surface area contributed by atoms with Gasteiger partial charge in [-0.05, 0) is 41.1 Å². The summed E-state index contributed by atoms with van der Waals surface area (Å²) in [5.74, 6) is -0.433. The van der Waals surface area contributed by atoms with Crippen molar-refractivity contribution in [1.29, 1.82) is 0 Å². The van der Waals surface area contributed by atoms with Crippen LogP contribution in [0.5, 0.6) is 0 Å². The number of nitrogens with one attached hydrogen (secondary N) is 2. The first kappa shape index (κ1) is 16.4. The maximum atomic E-state index is 13.1. The average molecular weight is 353 g/mol. The van der Waals surface area contributed by atoms with Crippen LogP contribution >= 0.6 is 15.9 Å². The number of hydrogen-bond donors (Lipinski definition) is 2. The van der Waals surface area contributed by atoms with E-state index < -0.39 is 21.1 Å². The second-order valence-electron chi connectivity index (χ2n) is 4.65. The lowest BCUT2D eigenvalue weighted by Gasteiger charge is -2.17. The molecular formula is C12H18BrFN2O2S. The summed E-state index contributed by atoms with van der Waals surface area (Å²) in [5.41, 5.74) is 0.338. The molecule has 0 saturated carbocycles. The molecule has 1 atom stereocenters. The third-order valence-corrected chi connectivity index (χ3v) is 4.88. The molecule has 0 aromatic heterocycles. The van der Waals surface area contributed by atoms with Crippen molar-refractivity contribution in [3.05, 3.63) is 28.5 Å². The maximum Gasteiger partial charge on any atom is 0.236 e.